The lowest BCUT2D eigenvalue weighted by Crippen LogP contribution is -2.39. The summed E-state index contributed by atoms with van der Waals surface area (Å²) in [4.78, 5) is 14.6. The standard InChI is InChI=1S/C21H25NO4S/c1-15-6-7-17(3)20(13-15)27(24,25)26-19-10-8-18(9-11-19)21(23)22-12-4-5-16(2)14-22/h6-11,13,16H,4-5,12,14H2,1-3H3. The van der Waals surface area contributed by atoms with Crippen LogP contribution < -0.4 is 4.18 Å². The quantitative estimate of drug-likeness (QED) is 0.746. The van der Waals surface area contributed by atoms with Gasteiger partial charge in [0.25, 0.3) is 5.91 Å². The van der Waals surface area contributed by atoms with Gasteiger partial charge in [0.15, 0.2) is 0 Å². The molecule has 0 spiro atoms. The molecule has 0 aromatic heterocycles. The Morgan fingerprint density at radius 2 is 1.81 bits per heavy atom. The second kappa shape index (κ2) is 7.72. The number of hydrogen-bond donors (Lipinski definition) is 0. The van der Waals surface area contributed by atoms with E-state index in [-0.39, 0.29) is 16.6 Å². The topological polar surface area (TPSA) is 63.7 Å². The molecule has 144 valence electrons. The smallest absolute Gasteiger partial charge is 0.339 e. The predicted molar refractivity (Wildman–Crippen MR) is 104 cm³/mol. The Hall–Kier alpha value is -2.34. The summed E-state index contributed by atoms with van der Waals surface area (Å²) in [5.74, 6) is 0.679. The first-order valence-corrected chi connectivity index (χ1v) is 10.6. The normalized spacial score (nSPS) is 17.6. The molecule has 0 radical (unpaired) electrons. The largest absolute Gasteiger partial charge is 0.379 e. The van der Waals surface area contributed by atoms with Crippen LogP contribution >= 0.6 is 0 Å². The molecule has 1 atom stereocenters. The molecule has 2 aromatic carbocycles. The van der Waals surface area contributed by atoms with Gasteiger partial charge in [0.2, 0.25) is 0 Å². The number of amides is 1. The van der Waals surface area contributed by atoms with Gasteiger partial charge in [0.1, 0.15) is 10.6 Å². The highest BCUT2D eigenvalue weighted by Gasteiger charge is 2.23. The zero-order valence-corrected chi connectivity index (χ0v) is 16.8. The molecule has 6 heteroatoms. The molecule has 1 aliphatic rings. The van der Waals surface area contributed by atoms with Crippen LogP contribution in [0.1, 0.15) is 41.3 Å². The van der Waals surface area contributed by atoms with Gasteiger partial charge in [-0.3, -0.25) is 4.79 Å². The highest BCUT2D eigenvalue weighted by Crippen LogP contribution is 2.24. The van der Waals surface area contributed by atoms with Gasteiger partial charge in [-0.15, -0.1) is 0 Å². The Balaban J connectivity index is 1.75. The van der Waals surface area contributed by atoms with E-state index < -0.39 is 10.1 Å². The van der Waals surface area contributed by atoms with Gasteiger partial charge in [-0.2, -0.15) is 8.42 Å². The maximum atomic E-state index is 12.6. The molecule has 5 nitrogen and oxygen atoms in total. The molecule has 0 saturated carbocycles. The van der Waals surface area contributed by atoms with Crippen LogP contribution in [0.4, 0.5) is 0 Å². The lowest BCUT2D eigenvalue weighted by molar-refractivity contribution is 0.0683. The SMILES string of the molecule is Cc1ccc(C)c(S(=O)(=O)Oc2ccc(C(=O)N3CCCC(C)C3)cc2)c1. The average molecular weight is 388 g/mol. The lowest BCUT2D eigenvalue weighted by Gasteiger charge is -2.31. The number of nitrogens with zero attached hydrogens (tertiary/aromatic N) is 1. The van der Waals surface area contributed by atoms with Crippen molar-refractivity contribution in [3.8, 4) is 5.75 Å². The Morgan fingerprint density at radius 3 is 2.48 bits per heavy atom. The van der Waals surface area contributed by atoms with Crippen molar-refractivity contribution in [2.24, 2.45) is 5.92 Å². The summed E-state index contributed by atoms with van der Waals surface area (Å²) in [6, 6.07) is 11.5. The minimum Gasteiger partial charge on any atom is -0.379 e. The fourth-order valence-electron chi connectivity index (χ4n) is 3.36. The van der Waals surface area contributed by atoms with Crippen molar-refractivity contribution in [1.82, 2.24) is 4.90 Å². The minimum atomic E-state index is -3.92. The van der Waals surface area contributed by atoms with Crippen molar-refractivity contribution in [3.63, 3.8) is 0 Å². The van der Waals surface area contributed by atoms with Crippen LogP contribution in [-0.4, -0.2) is 32.3 Å². The number of hydrogen-bond acceptors (Lipinski definition) is 4. The zero-order chi connectivity index (χ0) is 19.6. The van der Waals surface area contributed by atoms with Gasteiger partial charge in [0, 0.05) is 18.7 Å². The molecule has 2 aromatic rings. The van der Waals surface area contributed by atoms with Crippen molar-refractivity contribution in [3.05, 3.63) is 59.2 Å². The lowest BCUT2D eigenvalue weighted by atomic mass is 9.99. The van der Waals surface area contributed by atoms with Crippen LogP contribution in [0.15, 0.2) is 47.4 Å². The minimum absolute atomic E-state index is 0.0227. The van der Waals surface area contributed by atoms with Gasteiger partial charge >= 0.3 is 10.1 Å². The van der Waals surface area contributed by atoms with E-state index in [1.807, 2.05) is 17.9 Å². The summed E-state index contributed by atoms with van der Waals surface area (Å²) in [7, 11) is -3.92. The Morgan fingerprint density at radius 1 is 1.11 bits per heavy atom. The molecule has 1 unspecified atom stereocenters. The summed E-state index contributed by atoms with van der Waals surface area (Å²) < 4.78 is 30.4. The summed E-state index contributed by atoms with van der Waals surface area (Å²) in [5, 5.41) is 0. The first-order chi connectivity index (χ1) is 12.8. The first-order valence-electron chi connectivity index (χ1n) is 9.17. The summed E-state index contributed by atoms with van der Waals surface area (Å²) in [6.45, 7) is 7.24. The van der Waals surface area contributed by atoms with Crippen molar-refractivity contribution >= 4 is 16.0 Å². The molecule has 1 heterocycles. The van der Waals surface area contributed by atoms with Crippen LogP contribution in [0.2, 0.25) is 0 Å². The van der Waals surface area contributed by atoms with Gasteiger partial charge in [0.05, 0.1) is 0 Å². The van der Waals surface area contributed by atoms with E-state index in [1.165, 1.54) is 12.1 Å². The number of piperidine rings is 1. The van der Waals surface area contributed by atoms with Crippen LogP contribution in [0.25, 0.3) is 0 Å². The second-order valence-electron chi connectivity index (χ2n) is 7.33. The Bertz CT molecular complexity index is 935. The predicted octanol–water partition coefficient (Wildman–Crippen LogP) is 3.94. The van der Waals surface area contributed by atoms with Gasteiger partial charge in [-0.05, 0) is 74.1 Å². The van der Waals surface area contributed by atoms with Gasteiger partial charge < -0.3 is 9.08 Å². The molecule has 1 saturated heterocycles. The van der Waals surface area contributed by atoms with Crippen LogP contribution in [0.5, 0.6) is 5.75 Å². The van der Waals surface area contributed by atoms with Crippen molar-refractivity contribution in [2.45, 2.75) is 38.5 Å². The maximum absolute atomic E-state index is 12.6. The summed E-state index contributed by atoms with van der Waals surface area (Å²) in [5.41, 5.74) is 2.02. The number of likely N-dealkylation sites (tertiary alicyclic amines) is 1. The molecule has 3 rings (SSSR count). The average Bonchev–Trinajstić information content (AvgIpc) is 2.63. The third-order valence-electron chi connectivity index (χ3n) is 4.86. The summed E-state index contributed by atoms with van der Waals surface area (Å²) >= 11 is 0. The van der Waals surface area contributed by atoms with E-state index in [9.17, 15) is 13.2 Å². The molecular weight excluding hydrogens is 362 g/mol. The number of aryl methyl sites for hydroxylation is 2. The summed E-state index contributed by atoms with van der Waals surface area (Å²) in [6.07, 6.45) is 2.16. The number of carbonyl (C=O) groups excluding carboxylic acids is 1. The molecular formula is C21H25NO4S. The zero-order valence-electron chi connectivity index (χ0n) is 15.9. The maximum Gasteiger partial charge on any atom is 0.339 e. The monoisotopic (exact) mass is 387 g/mol. The number of rotatable bonds is 4. The van der Waals surface area contributed by atoms with Gasteiger partial charge in [-0.1, -0.05) is 19.1 Å². The second-order valence-corrected chi connectivity index (χ2v) is 8.84. The van der Waals surface area contributed by atoms with E-state index >= 15 is 0 Å². The molecule has 0 N–H and O–H groups in total. The molecule has 27 heavy (non-hydrogen) atoms. The fraction of sp³-hybridized carbons (Fsp3) is 0.381. The molecule has 1 amide bonds. The third-order valence-corrected chi connectivity index (χ3v) is 6.25. The molecule has 0 bridgehead atoms. The van der Waals surface area contributed by atoms with Gasteiger partial charge in [-0.25, -0.2) is 0 Å². The van der Waals surface area contributed by atoms with Crippen molar-refractivity contribution < 1.29 is 17.4 Å². The highest BCUT2D eigenvalue weighted by atomic mass is 32.2. The van der Waals surface area contributed by atoms with Crippen molar-refractivity contribution in [2.75, 3.05) is 13.1 Å². The number of carbonyl (C=O) groups is 1. The molecule has 1 fully saturated rings. The van der Waals surface area contributed by atoms with Crippen LogP contribution in [0.3, 0.4) is 0 Å². The van der Waals surface area contributed by atoms with E-state index in [4.69, 9.17) is 4.18 Å². The first kappa shape index (κ1) is 19.4. The van der Waals surface area contributed by atoms with E-state index in [2.05, 4.69) is 6.92 Å². The Kier molecular flexibility index (Phi) is 5.56. The van der Waals surface area contributed by atoms with Crippen LogP contribution in [-0.2, 0) is 10.1 Å². The molecule has 1 aliphatic heterocycles. The molecule has 0 aliphatic carbocycles. The van der Waals surface area contributed by atoms with Crippen LogP contribution in [0, 0.1) is 19.8 Å². The van der Waals surface area contributed by atoms with E-state index in [0.717, 1.165) is 31.5 Å². The number of benzene rings is 2. The van der Waals surface area contributed by atoms with Crippen molar-refractivity contribution in [1.29, 1.82) is 0 Å². The fourth-order valence-corrected chi connectivity index (χ4v) is 4.60. The third kappa shape index (κ3) is 4.50. The van der Waals surface area contributed by atoms with E-state index in [1.54, 1.807) is 31.2 Å². The highest BCUT2D eigenvalue weighted by molar-refractivity contribution is 7.87. The Labute approximate surface area is 161 Å². The van der Waals surface area contributed by atoms with E-state index in [0.29, 0.717) is 17.0 Å².